The van der Waals surface area contributed by atoms with E-state index < -0.39 is 27.4 Å². The molecule has 0 aromatic heterocycles. The first kappa shape index (κ1) is 17.4. The van der Waals surface area contributed by atoms with Gasteiger partial charge in [0.15, 0.2) is 0 Å². The van der Waals surface area contributed by atoms with Crippen LogP contribution >= 0.6 is 0 Å². The smallest absolute Gasteiger partial charge is 0.332 e. The molecule has 1 amide bonds. The lowest BCUT2D eigenvalue weighted by Gasteiger charge is -2.24. The lowest BCUT2D eigenvalue weighted by molar-refractivity contribution is -0.154. The molecule has 1 saturated heterocycles. The van der Waals surface area contributed by atoms with Gasteiger partial charge >= 0.3 is 5.97 Å². The summed E-state index contributed by atoms with van der Waals surface area (Å²) in [6, 6.07) is 0. The number of esters is 1. The van der Waals surface area contributed by atoms with Crippen molar-refractivity contribution >= 4 is 22.0 Å². The van der Waals surface area contributed by atoms with Crippen molar-refractivity contribution < 1.29 is 31.7 Å². The third-order valence-electron chi connectivity index (χ3n) is 4.85. The number of amides is 1. The van der Waals surface area contributed by atoms with Crippen LogP contribution in [0.5, 0.6) is 0 Å². The van der Waals surface area contributed by atoms with Crippen molar-refractivity contribution in [1.29, 1.82) is 0 Å². The van der Waals surface area contributed by atoms with Gasteiger partial charge in [0, 0.05) is 11.5 Å². The van der Waals surface area contributed by atoms with Gasteiger partial charge in [0.1, 0.15) is 19.3 Å². The standard InChI is InChI=1S/C15H21NO7S/c1-8(2)15(18)16-3-4-21-12(17)7-22-13-9-5-10-11(6-9)24(19,20)23-14(10)13/h9-11,13-14H,1,3-7H2,2H3,(H,16,18). The molecular weight excluding hydrogens is 338 g/mol. The van der Waals surface area contributed by atoms with Gasteiger partial charge in [-0.3, -0.25) is 8.98 Å². The number of carbonyl (C=O) groups excluding carboxylic acids is 2. The maximum Gasteiger partial charge on any atom is 0.332 e. The zero-order valence-electron chi connectivity index (χ0n) is 13.4. The summed E-state index contributed by atoms with van der Waals surface area (Å²) in [5.41, 5.74) is 0.380. The Hall–Kier alpha value is -1.45. The molecule has 2 saturated carbocycles. The van der Waals surface area contributed by atoms with Crippen molar-refractivity contribution in [3.05, 3.63) is 12.2 Å². The molecule has 2 bridgehead atoms. The van der Waals surface area contributed by atoms with E-state index in [-0.39, 0.29) is 43.6 Å². The largest absolute Gasteiger partial charge is 0.462 e. The molecule has 2 aliphatic carbocycles. The fraction of sp³-hybridized carbons (Fsp3) is 0.733. The summed E-state index contributed by atoms with van der Waals surface area (Å²) in [6.45, 7) is 5.05. The predicted octanol–water partition coefficient (Wildman–Crippen LogP) is -0.256. The highest BCUT2D eigenvalue weighted by atomic mass is 32.2. The molecule has 0 spiro atoms. The second-order valence-corrected chi connectivity index (χ2v) is 8.30. The lowest BCUT2D eigenvalue weighted by Crippen LogP contribution is -2.37. The lowest BCUT2D eigenvalue weighted by atomic mass is 9.94. The molecule has 3 rings (SSSR count). The van der Waals surface area contributed by atoms with Crippen molar-refractivity contribution in [2.75, 3.05) is 19.8 Å². The fourth-order valence-corrected chi connectivity index (χ4v) is 5.68. The molecule has 134 valence electrons. The van der Waals surface area contributed by atoms with Gasteiger partial charge in [-0.1, -0.05) is 6.58 Å². The van der Waals surface area contributed by atoms with Gasteiger partial charge in [-0.25, -0.2) is 4.79 Å². The number of nitrogens with one attached hydrogen (secondary N) is 1. The minimum Gasteiger partial charge on any atom is -0.462 e. The van der Waals surface area contributed by atoms with Crippen molar-refractivity contribution in [1.82, 2.24) is 5.32 Å². The van der Waals surface area contributed by atoms with Gasteiger partial charge in [0.2, 0.25) is 5.91 Å². The third-order valence-corrected chi connectivity index (χ3v) is 6.62. The Labute approximate surface area is 140 Å². The van der Waals surface area contributed by atoms with E-state index >= 15 is 0 Å². The van der Waals surface area contributed by atoms with E-state index in [0.29, 0.717) is 12.0 Å². The molecule has 1 N–H and O–H groups in total. The summed E-state index contributed by atoms with van der Waals surface area (Å²) in [4.78, 5) is 22.9. The molecule has 1 aliphatic heterocycles. The van der Waals surface area contributed by atoms with Crippen LogP contribution < -0.4 is 5.32 Å². The van der Waals surface area contributed by atoms with Gasteiger partial charge in [-0.2, -0.15) is 8.42 Å². The Bertz CT molecular complexity index is 659. The number of fused-ring (bicyclic) bond motifs is 1. The van der Waals surface area contributed by atoms with Gasteiger partial charge in [0.25, 0.3) is 10.1 Å². The normalized spacial score (nSPS) is 35.0. The molecule has 5 unspecified atom stereocenters. The summed E-state index contributed by atoms with van der Waals surface area (Å²) in [7, 11) is -3.48. The molecule has 9 heteroatoms. The minimum atomic E-state index is -3.48. The van der Waals surface area contributed by atoms with Crippen LogP contribution in [0.3, 0.4) is 0 Å². The van der Waals surface area contributed by atoms with Crippen LogP contribution in [-0.2, 0) is 33.4 Å². The zero-order chi connectivity index (χ0) is 17.5. The molecule has 3 fully saturated rings. The number of hydrogen-bond donors (Lipinski definition) is 1. The first-order chi connectivity index (χ1) is 11.3. The Morgan fingerprint density at radius 3 is 2.79 bits per heavy atom. The minimum absolute atomic E-state index is 0.0154. The second kappa shape index (κ2) is 6.45. The first-order valence-corrected chi connectivity index (χ1v) is 9.40. The van der Waals surface area contributed by atoms with Crippen LogP contribution in [0, 0.1) is 11.8 Å². The maximum absolute atomic E-state index is 11.8. The molecule has 5 atom stereocenters. The topological polar surface area (TPSA) is 108 Å². The van der Waals surface area contributed by atoms with Crippen molar-refractivity contribution in [2.24, 2.45) is 11.8 Å². The van der Waals surface area contributed by atoms with Gasteiger partial charge < -0.3 is 14.8 Å². The third kappa shape index (κ3) is 3.20. The molecule has 24 heavy (non-hydrogen) atoms. The zero-order valence-corrected chi connectivity index (χ0v) is 14.2. The SMILES string of the molecule is C=C(C)C(=O)NCCOC(=O)COC1C2CC3C1OS(=O)(=O)C3C2. The van der Waals surface area contributed by atoms with Crippen LogP contribution in [0.4, 0.5) is 0 Å². The van der Waals surface area contributed by atoms with E-state index in [2.05, 4.69) is 11.9 Å². The van der Waals surface area contributed by atoms with E-state index in [9.17, 15) is 18.0 Å². The molecule has 1 heterocycles. The Balaban J connectivity index is 1.39. The average molecular weight is 359 g/mol. The van der Waals surface area contributed by atoms with Crippen LogP contribution in [-0.4, -0.2) is 57.5 Å². The van der Waals surface area contributed by atoms with Gasteiger partial charge in [-0.15, -0.1) is 0 Å². The first-order valence-electron chi connectivity index (χ1n) is 7.92. The fourth-order valence-electron chi connectivity index (χ4n) is 3.80. The summed E-state index contributed by atoms with van der Waals surface area (Å²) < 4.78 is 39.4. The van der Waals surface area contributed by atoms with E-state index in [1.54, 1.807) is 6.92 Å². The molecule has 3 aliphatic rings. The highest BCUT2D eigenvalue weighted by molar-refractivity contribution is 7.87. The van der Waals surface area contributed by atoms with E-state index in [1.807, 2.05) is 0 Å². The van der Waals surface area contributed by atoms with Crippen LogP contribution in [0.25, 0.3) is 0 Å². The van der Waals surface area contributed by atoms with Crippen molar-refractivity contribution in [3.8, 4) is 0 Å². The molecule has 0 radical (unpaired) electrons. The van der Waals surface area contributed by atoms with Crippen LogP contribution in [0.1, 0.15) is 19.8 Å². The highest BCUT2D eigenvalue weighted by Gasteiger charge is 2.64. The number of ether oxygens (including phenoxy) is 2. The van der Waals surface area contributed by atoms with Gasteiger partial charge in [-0.05, 0) is 25.7 Å². The molecular formula is C15H21NO7S. The summed E-state index contributed by atoms with van der Waals surface area (Å²) in [6.07, 6.45) is 0.456. The highest BCUT2D eigenvalue weighted by Crippen LogP contribution is 2.55. The predicted molar refractivity (Wildman–Crippen MR) is 82.3 cm³/mol. The Morgan fingerprint density at radius 1 is 1.33 bits per heavy atom. The monoisotopic (exact) mass is 359 g/mol. The quantitative estimate of drug-likeness (QED) is 0.289. The summed E-state index contributed by atoms with van der Waals surface area (Å²) in [5.74, 6) is -0.749. The van der Waals surface area contributed by atoms with Crippen molar-refractivity contribution in [3.63, 3.8) is 0 Å². The second-order valence-electron chi connectivity index (χ2n) is 6.52. The molecule has 0 aromatic rings. The Morgan fingerprint density at radius 2 is 2.08 bits per heavy atom. The Kier molecular flexibility index (Phi) is 4.67. The van der Waals surface area contributed by atoms with Crippen LogP contribution in [0.2, 0.25) is 0 Å². The van der Waals surface area contributed by atoms with E-state index in [1.165, 1.54) is 0 Å². The summed E-state index contributed by atoms with van der Waals surface area (Å²) in [5, 5.41) is 2.14. The maximum atomic E-state index is 11.8. The molecule has 0 aromatic carbocycles. The van der Waals surface area contributed by atoms with Crippen molar-refractivity contribution in [2.45, 2.75) is 37.2 Å². The van der Waals surface area contributed by atoms with E-state index in [4.69, 9.17) is 13.7 Å². The number of carbonyl (C=O) groups is 2. The number of rotatable bonds is 7. The van der Waals surface area contributed by atoms with Crippen LogP contribution in [0.15, 0.2) is 12.2 Å². The summed E-state index contributed by atoms with van der Waals surface area (Å²) >= 11 is 0. The molecule has 8 nitrogen and oxygen atoms in total. The average Bonchev–Trinajstić information content (AvgIpc) is 3.11. The van der Waals surface area contributed by atoms with E-state index in [0.717, 1.165) is 6.42 Å². The number of hydrogen-bond acceptors (Lipinski definition) is 7. The van der Waals surface area contributed by atoms with Gasteiger partial charge in [0.05, 0.1) is 17.9 Å².